The summed E-state index contributed by atoms with van der Waals surface area (Å²) in [5, 5.41) is 0. The minimum absolute atomic E-state index is 0.217. The first kappa shape index (κ1) is 14.9. The number of likely N-dealkylation sites (tertiary alicyclic amines) is 1. The normalized spacial score (nSPS) is 26.3. The van der Waals surface area contributed by atoms with E-state index in [-0.39, 0.29) is 6.04 Å². The van der Waals surface area contributed by atoms with Crippen molar-refractivity contribution >= 4 is 12.2 Å². The van der Waals surface area contributed by atoms with Crippen LogP contribution in [0.1, 0.15) is 43.7 Å². The van der Waals surface area contributed by atoms with Gasteiger partial charge in [0, 0.05) is 45.0 Å². The number of rotatable bonds is 4. The summed E-state index contributed by atoms with van der Waals surface area (Å²) >= 11 is 0. The Bertz CT molecular complexity index is 534. The Labute approximate surface area is 138 Å². The van der Waals surface area contributed by atoms with Crippen LogP contribution in [0.4, 0.5) is 5.82 Å². The largest absolute Gasteiger partial charge is 0.354 e. The van der Waals surface area contributed by atoms with E-state index in [1.807, 2.05) is 11.1 Å². The topological polar surface area (TPSA) is 39.7 Å². The van der Waals surface area contributed by atoms with Gasteiger partial charge in [-0.05, 0) is 43.7 Å². The number of aromatic nitrogens is 1. The lowest BCUT2D eigenvalue weighted by molar-refractivity contribution is -0.121. The minimum Gasteiger partial charge on any atom is -0.354 e. The number of piperazine rings is 1. The number of nitrogens with zero attached hydrogens (tertiary/aromatic N) is 4. The van der Waals surface area contributed by atoms with E-state index in [4.69, 9.17) is 4.98 Å². The second-order valence-electron chi connectivity index (χ2n) is 7.06. The van der Waals surface area contributed by atoms with Gasteiger partial charge in [0.1, 0.15) is 5.82 Å². The summed E-state index contributed by atoms with van der Waals surface area (Å²) in [7, 11) is 0. The van der Waals surface area contributed by atoms with Crippen molar-refractivity contribution in [2.75, 3.05) is 37.6 Å². The fourth-order valence-corrected chi connectivity index (χ4v) is 3.98. The molecule has 3 aliphatic rings. The molecule has 1 amide bonds. The first-order valence-corrected chi connectivity index (χ1v) is 9.01. The van der Waals surface area contributed by atoms with Gasteiger partial charge in [0.2, 0.25) is 6.41 Å². The van der Waals surface area contributed by atoms with Crippen LogP contribution in [0.3, 0.4) is 0 Å². The average Bonchev–Trinajstić information content (AvgIpc) is 3.47. The van der Waals surface area contributed by atoms with Crippen molar-refractivity contribution in [3.63, 3.8) is 0 Å². The zero-order valence-electron chi connectivity index (χ0n) is 13.7. The average molecular weight is 314 g/mol. The summed E-state index contributed by atoms with van der Waals surface area (Å²) in [4.78, 5) is 22.9. The third kappa shape index (κ3) is 3.20. The molecule has 0 N–H and O–H groups in total. The standard InChI is InChI=1S/C18H26N4O/c23-14-22-8-2-1-3-17(22)15-4-7-18(19-13-15)21-11-9-20(10-12-21)16-5-6-16/h4,7,13-14,16-17H,1-3,5-6,8-12H2. The molecule has 0 bridgehead atoms. The van der Waals surface area contributed by atoms with Crippen molar-refractivity contribution in [1.29, 1.82) is 0 Å². The molecule has 3 fully saturated rings. The van der Waals surface area contributed by atoms with Crippen molar-refractivity contribution in [2.45, 2.75) is 44.2 Å². The van der Waals surface area contributed by atoms with E-state index < -0.39 is 0 Å². The van der Waals surface area contributed by atoms with Gasteiger partial charge in [-0.3, -0.25) is 9.69 Å². The molecule has 0 spiro atoms. The summed E-state index contributed by atoms with van der Waals surface area (Å²) < 4.78 is 0. The maximum absolute atomic E-state index is 11.2. The summed E-state index contributed by atoms with van der Waals surface area (Å²) in [6.45, 7) is 5.35. The molecule has 2 aliphatic heterocycles. The highest BCUT2D eigenvalue weighted by Gasteiger charge is 2.31. The van der Waals surface area contributed by atoms with Gasteiger partial charge >= 0.3 is 0 Å². The van der Waals surface area contributed by atoms with E-state index in [2.05, 4.69) is 21.9 Å². The Morgan fingerprint density at radius 3 is 2.48 bits per heavy atom. The van der Waals surface area contributed by atoms with Gasteiger partial charge < -0.3 is 9.80 Å². The van der Waals surface area contributed by atoms with Gasteiger partial charge in [-0.1, -0.05) is 6.07 Å². The van der Waals surface area contributed by atoms with Crippen molar-refractivity contribution in [1.82, 2.24) is 14.8 Å². The van der Waals surface area contributed by atoms with Crippen LogP contribution in [-0.4, -0.2) is 60.0 Å². The number of pyridine rings is 1. The number of piperidine rings is 1. The molecular formula is C18H26N4O. The fraction of sp³-hybridized carbons (Fsp3) is 0.667. The first-order chi connectivity index (χ1) is 11.3. The summed E-state index contributed by atoms with van der Waals surface area (Å²) in [5.74, 6) is 1.08. The summed E-state index contributed by atoms with van der Waals surface area (Å²) in [6, 6.07) is 5.39. The Morgan fingerprint density at radius 1 is 1.00 bits per heavy atom. The zero-order chi connectivity index (χ0) is 15.6. The van der Waals surface area contributed by atoms with Gasteiger partial charge in [0.25, 0.3) is 0 Å². The minimum atomic E-state index is 0.217. The first-order valence-electron chi connectivity index (χ1n) is 9.01. The molecule has 1 unspecified atom stereocenters. The van der Waals surface area contributed by atoms with Crippen LogP contribution < -0.4 is 4.90 Å². The fourth-order valence-electron chi connectivity index (χ4n) is 3.98. The number of carbonyl (C=O) groups is 1. The lowest BCUT2D eigenvalue weighted by atomic mass is 9.97. The van der Waals surface area contributed by atoms with Crippen LogP contribution in [0.25, 0.3) is 0 Å². The molecule has 2 saturated heterocycles. The molecule has 124 valence electrons. The van der Waals surface area contributed by atoms with E-state index >= 15 is 0 Å². The Hall–Kier alpha value is -1.62. The van der Waals surface area contributed by atoms with Crippen molar-refractivity contribution in [3.05, 3.63) is 23.9 Å². The van der Waals surface area contributed by atoms with Gasteiger partial charge in [0.05, 0.1) is 6.04 Å². The summed E-state index contributed by atoms with van der Waals surface area (Å²) in [5.41, 5.74) is 1.18. The van der Waals surface area contributed by atoms with Crippen LogP contribution in [0.5, 0.6) is 0 Å². The highest BCUT2D eigenvalue weighted by atomic mass is 16.1. The van der Waals surface area contributed by atoms with Crippen molar-refractivity contribution in [2.24, 2.45) is 0 Å². The lowest BCUT2D eigenvalue weighted by Gasteiger charge is -2.36. The number of carbonyl (C=O) groups excluding carboxylic acids is 1. The third-order valence-electron chi connectivity index (χ3n) is 5.54. The molecule has 23 heavy (non-hydrogen) atoms. The molecule has 1 saturated carbocycles. The molecular weight excluding hydrogens is 288 g/mol. The van der Waals surface area contributed by atoms with Crippen LogP contribution in [-0.2, 0) is 4.79 Å². The molecule has 4 rings (SSSR count). The second-order valence-corrected chi connectivity index (χ2v) is 7.06. The van der Waals surface area contributed by atoms with E-state index in [1.165, 1.54) is 24.8 Å². The third-order valence-corrected chi connectivity index (χ3v) is 5.54. The molecule has 3 heterocycles. The molecule has 5 heteroatoms. The highest BCUT2D eigenvalue weighted by Crippen LogP contribution is 2.31. The highest BCUT2D eigenvalue weighted by molar-refractivity contribution is 5.49. The molecule has 1 aliphatic carbocycles. The van der Waals surface area contributed by atoms with E-state index in [0.29, 0.717) is 0 Å². The maximum atomic E-state index is 11.2. The van der Waals surface area contributed by atoms with Gasteiger partial charge in [-0.25, -0.2) is 4.98 Å². The molecule has 5 nitrogen and oxygen atoms in total. The van der Waals surface area contributed by atoms with Crippen molar-refractivity contribution < 1.29 is 4.79 Å². The van der Waals surface area contributed by atoms with Crippen LogP contribution in [0, 0.1) is 0 Å². The monoisotopic (exact) mass is 314 g/mol. The Balaban J connectivity index is 1.40. The van der Waals surface area contributed by atoms with Crippen LogP contribution in [0.15, 0.2) is 18.3 Å². The van der Waals surface area contributed by atoms with Gasteiger partial charge in [-0.2, -0.15) is 0 Å². The van der Waals surface area contributed by atoms with Crippen LogP contribution in [0.2, 0.25) is 0 Å². The quantitative estimate of drug-likeness (QED) is 0.798. The number of anilines is 1. The zero-order valence-corrected chi connectivity index (χ0v) is 13.7. The SMILES string of the molecule is O=CN1CCCCC1c1ccc(N2CCN(C3CC3)CC2)nc1. The molecule has 1 aromatic heterocycles. The van der Waals surface area contributed by atoms with Gasteiger partial charge in [0.15, 0.2) is 0 Å². The number of hydrogen-bond donors (Lipinski definition) is 0. The predicted octanol–water partition coefficient (Wildman–Crippen LogP) is 2.05. The van der Waals surface area contributed by atoms with Gasteiger partial charge in [-0.15, -0.1) is 0 Å². The van der Waals surface area contributed by atoms with E-state index in [9.17, 15) is 4.79 Å². The Morgan fingerprint density at radius 2 is 1.83 bits per heavy atom. The Kier molecular flexibility index (Phi) is 4.21. The molecule has 0 radical (unpaired) electrons. The maximum Gasteiger partial charge on any atom is 0.210 e. The summed E-state index contributed by atoms with van der Waals surface area (Å²) in [6.07, 6.45) is 9.12. The predicted molar refractivity (Wildman–Crippen MR) is 90.4 cm³/mol. The smallest absolute Gasteiger partial charge is 0.210 e. The van der Waals surface area contributed by atoms with E-state index in [1.54, 1.807) is 0 Å². The van der Waals surface area contributed by atoms with Crippen molar-refractivity contribution in [3.8, 4) is 0 Å². The molecule has 1 aromatic rings. The van der Waals surface area contributed by atoms with E-state index in [0.717, 1.165) is 63.8 Å². The number of amides is 1. The molecule has 0 aromatic carbocycles. The van der Waals surface area contributed by atoms with Crippen LogP contribution >= 0.6 is 0 Å². The second kappa shape index (κ2) is 6.48. The lowest BCUT2D eigenvalue weighted by Crippen LogP contribution is -2.47. The molecule has 1 atom stereocenters. The number of hydrogen-bond acceptors (Lipinski definition) is 4.